The van der Waals surface area contributed by atoms with Crippen LogP contribution in [0.25, 0.3) is 11.3 Å². The number of halogens is 1. The number of rotatable bonds is 2. The molecule has 2 aromatic rings. The molecule has 0 saturated carbocycles. The molecular formula is C15H15BrN6O. The Morgan fingerprint density at radius 2 is 1.96 bits per heavy atom. The summed E-state index contributed by atoms with van der Waals surface area (Å²) in [5.74, 6) is 0.137. The largest absolute Gasteiger partial charge is 0.382 e. The minimum Gasteiger partial charge on any atom is -0.382 e. The van der Waals surface area contributed by atoms with Crippen molar-refractivity contribution in [3.05, 3.63) is 28.2 Å². The second-order valence-corrected chi connectivity index (χ2v) is 5.98. The number of nitrogens with zero attached hydrogens (tertiary/aromatic N) is 4. The third kappa shape index (κ3) is 3.06. The number of hydrogen-bond acceptors (Lipinski definition) is 7. The highest BCUT2D eigenvalue weighted by molar-refractivity contribution is 9.10. The van der Waals surface area contributed by atoms with Crippen molar-refractivity contribution in [2.24, 2.45) is 0 Å². The van der Waals surface area contributed by atoms with E-state index in [1.165, 1.54) is 0 Å². The first kappa shape index (κ1) is 15.5. The van der Waals surface area contributed by atoms with E-state index in [-0.39, 0.29) is 17.3 Å². The Hall–Kier alpha value is -2.37. The molecule has 0 amide bonds. The lowest BCUT2D eigenvalue weighted by atomic mass is 10.0. The molecule has 3 rings (SSSR count). The van der Waals surface area contributed by atoms with Crippen molar-refractivity contribution < 1.29 is 4.74 Å². The molecule has 4 N–H and O–H groups in total. The molecule has 1 aromatic carbocycles. The molecule has 23 heavy (non-hydrogen) atoms. The molecule has 8 heteroatoms. The van der Waals surface area contributed by atoms with Gasteiger partial charge in [0.15, 0.2) is 0 Å². The molecule has 7 nitrogen and oxygen atoms in total. The summed E-state index contributed by atoms with van der Waals surface area (Å²) in [6.07, 6.45) is 0. The Morgan fingerprint density at radius 1 is 1.22 bits per heavy atom. The van der Waals surface area contributed by atoms with Gasteiger partial charge in [-0.2, -0.15) is 10.2 Å². The molecule has 0 spiro atoms. The second-order valence-electron chi connectivity index (χ2n) is 5.06. The summed E-state index contributed by atoms with van der Waals surface area (Å²) in [5.41, 5.74) is 14.0. The molecule has 1 saturated heterocycles. The molecule has 0 atom stereocenters. The first-order chi connectivity index (χ1) is 11.1. The Bertz CT molecular complexity index is 782. The number of nitrogens with two attached hydrogens (primary N) is 2. The van der Waals surface area contributed by atoms with Gasteiger partial charge >= 0.3 is 0 Å². The number of hydrogen-bond donors (Lipinski definition) is 2. The maximum atomic E-state index is 9.41. The number of anilines is 3. The van der Waals surface area contributed by atoms with E-state index in [1.54, 1.807) is 0 Å². The van der Waals surface area contributed by atoms with Crippen molar-refractivity contribution in [2.75, 3.05) is 42.7 Å². The zero-order valence-electron chi connectivity index (χ0n) is 12.3. The zero-order valence-corrected chi connectivity index (χ0v) is 13.9. The summed E-state index contributed by atoms with van der Waals surface area (Å²) < 4.78 is 6.35. The number of aromatic nitrogens is 2. The van der Waals surface area contributed by atoms with Gasteiger partial charge in [-0.15, -0.1) is 0 Å². The fourth-order valence-electron chi connectivity index (χ4n) is 2.57. The second kappa shape index (κ2) is 6.40. The maximum Gasteiger partial charge on any atom is 0.222 e. The predicted molar refractivity (Wildman–Crippen MR) is 91.7 cm³/mol. The van der Waals surface area contributed by atoms with E-state index < -0.39 is 0 Å². The van der Waals surface area contributed by atoms with Crippen LogP contribution in [-0.4, -0.2) is 36.3 Å². The molecule has 0 bridgehead atoms. The first-order valence-electron chi connectivity index (χ1n) is 7.06. The predicted octanol–water partition coefficient (Wildman–Crippen LogP) is 1.78. The van der Waals surface area contributed by atoms with Crippen LogP contribution in [0.3, 0.4) is 0 Å². The summed E-state index contributed by atoms with van der Waals surface area (Å²) in [6, 6.07) is 7.87. The molecular weight excluding hydrogens is 360 g/mol. The van der Waals surface area contributed by atoms with Crippen molar-refractivity contribution in [3.8, 4) is 17.3 Å². The molecule has 118 valence electrons. The molecule has 2 heterocycles. The van der Waals surface area contributed by atoms with E-state index in [9.17, 15) is 5.26 Å². The first-order valence-corrected chi connectivity index (χ1v) is 7.85. The molecule has 0 aliphatic carbocycles. The van der Waals surface area contributed by atoms with E-state index in [0.29, 0.717) is 18.9 Å². The van der Waals surface area contributed by atoms with Gasteiger partial charge in [-0.1, -0.05) is 15.9 Å². The minimum atomic E-state index is 0.0485. The molecule has 1 aliphatic heterocycles. The van der Waals surface area contributed by atoms with Crippen molar-refractivity contribution >= 4 is 33.4 Å². The van der Waals surface area contributed by atoms with Gasteiger partial charge in [-0.25, -0.2) is 4.98 Å². The van der Waals surface area contributed by atoms with E-state index in [0.717, 1.165) is 28.8 Å². The van der Waals surface area contributed by atoms with Crippen LogP contribution in [0, 0.1) is 11.3 Å². The van der Waals surface area contributed by atoms with Crippen LogP contribution in [0.15, 0.2) is 22.7 Å². The van der Waals surface area contributed by atoms with Crippen LogP contribution in [0.5, 0.6) is 0 Å². The molecule has 0 unspecified atom stereocenters. The number of benzene rings is 1. The smallest absolute Gasteiger partial charge is 0.222 e. The normalized spacial score (nSPS) is 14.5. The maximum absolute atomic E-state index is 9.41. The Kier molecular flexibility index (Phi) is 4.32. The standard InChI is InChI=1S/C15H15BrN6O/c16-9-1-2-10(12(7-9)22-3-5-23-6-4-22)13-11(8-17)14(18)21-15(19)20-13/h1-2,7H,3-6H2,(H4,18,19,20,21). The number of ether oxygens (including phenoxy) is 1. The molecule has 1 aromatic heterocycles. The van der Waals surface area contributed by atoms with Crippen molar-refractivity contribution in [3.63, 3.8) is 0 Å². The van der Waals surface area contributed by atoms with Crippen LogP contribution in [0.2, 0.25) is 0 Å². The average Bonchev–Trinajstić information content (AvgIpc) is 2.55. The van der Waals surface area contributed by atoms with Gasteiger partial charge in [-0.05, 0) is 18.2 Å². The fraction of sp³-hybridized carbons (Fsp3) is 0.267. The highest BCUT2D eigenvalue weighted by atomic mass is 79.9. The van der Waals surface area contributed by atoms with Crippen LogP contribution < -0.4 is 16.4 Å². The number of nitriles is 1. The van der Waals surface area contributed by atoms with Gasteiger partial charge in [0.2, 0.25) is 5.95 Å². The van der Waals surface area contributed by atoms with Gasteiger partial charge in [0, 0.05) is 28.8 Å². The van der Waals surface area contributed by atoms with E-state index in [2.05, 4.69) is 36.9 Å². The van der Waals surface area contributed by atoms with Gasteiger partial charge in [-0.3, -0.25) is 0 Å². The summed E-state index contributed by atoms with van der Waals surface area (Å²) in [4.78, 5) is 10.3. The molecule has 0 radical (unpaired) electrons. The summed E-state index contributed by atoms with van der Waals surface area (Å²) >= 11 is 3.49. The van der Waals surface area contributed by atoms with E-state index in [4.69, 9.17) is 16.2 Å². The van der Waals surface area contributed by atoms with Crippen molar-refractivity contribution in [1.82, 2.24) is 9.97 Å². The van der Waals surface area contributed by atoms with Crippen LogP contribution in [-0.2, 0) is 4.74 Å². The quantitative estimate of drug-likeness (QED) is 0.822. The topological polar surface area (TPSA) is 114 Å². The highest BCUT2D eigenvalue weighted by Crippen LogP contribution is 2.35. The van der Waals surface area contributed by atoms with E-state index in [1.807, 2.05) is 18.2 Å². The van der Waals surface area contributed by atoms with Gasteiger partial charge < -0.3 is 21.1 Å². The lowest BCUT2D eigenvalue weighted by Gasteiger charge is -2.30. The molecule has 1 aliphatic rings. The Balaban J connectivity index is 2.19. The van der Waals surface area contributed by atoms with Crippen LogP contribution in [0.4, 0.5) is 17.5 Å². The highest BCUT2D eigenvalue weighted by Gasteiger charge is 2.21. The molecule has 1 fully saturated rings. The number of morpholine rings is 1. The summed E-state index contributed by atoms with van der Waals surface area (Å²) in [5, 5.41) is 9.41. The Labute approximate surface area is 142 Å². The Morgan fingerprint density at radius 3 is 2.65 bits per heavy atom. The fourth-order valence-corrected chi connectivity index (χ4v) is 2.92. The van der Waals surface area contributed by atoms with Crippen LogP contribution in [0.1, 0.15) is 5.56 Å². The van der Waals surface area contributed by atoms with Gasteiger partial charge in [0.05, 0.1) is 18.9 Å². The van der Waals surface area contributed by atoms with E-state index >= 15 is 0 Å². The van der Waals surface area contributed by atoms with Crippen molar-refractivity contribution in [1.29, 1.82) is 5.26 Å². The number of nitrogen functional groups attached to an aromatic ring is 2. The third-order valence-corrected chi connectivity index (χ3v) is 4.13. The minimum absolute atomic E-state index is 0.0485. The lowest BCUT2D eigenvalue weighted by Crippen LogP contribution is -2.36. The van der Waals surface area contributed by atoms with Gasteiger partial charge in [0.25, 0.3) is 0 Å². The monoisotopic (exact) mass is 374 g/mol. The van der Waals surface area contributed by atoms with Crippen LogP contribution >= 0.6 is 15.9 Å². The average molecular weight is 375 g/mol. The van der Waals surface area contributed by atoms with Gasteiger partial charge in [0.1, 0.15) is 17.5 Å². The summed E-state index contributed by atoms with van der Waals surface area (Å²) in [7, 11) is 0. The van der Waals surface area contributed by atoms with Crippen molar-refractivity contribution in [2.45, 2.75) is 0 Å². The lowest BCUT2D eigenvalue weighted by molar-refractivity contribution is 0.123. The third-order valence-electron chi connectivity index (χ3n) is 3.63. The summed E-state index contributed by atoms with van der Waals surface area (Å²) in [6.45, 7) is 2.85. The zero-order chi connectivity index (χ0) is 16.4. The SMILES string of the molecule is N#Cc1c(N)nc(N)nc1-c1ccc(Br)cc1N1CCOCC1.